The van der Waals surface area contributed by atoms with Crippen LogP contribution in [0.1, 0.15) is 13.3 Å². The number of hydrogen-bond acceptors (Lipinski definition) is 3. The van der Waals surface area contributed by atoms with Gasteiger partial charge in [-0.2, -0.15) is 0 Å². The highest BCUT2D eigenvalue weighted by atomic mass is 16.5. The van der Waals surface area contributed by atoms with E-state index in [1.54, 1.807) is 0 Å². The number of hydrogen-bond donors (Lipinski definition) is 2. The summed E-state index contributed by atoms with van der Waals surface area (Å²) in [4.78, 5) is 11.7. The van der Waals surface area contributed by atoms with Crippen LogP contribution in [0, 0.1) is 0 Å². The molecule has 0 aliphatic heterocycles. The average molecular weight is 284 g/mol. The van der Waals surface area contributed by atoms with Crippen LogP contribution in [0.4, 0.5) is 5.69 Å². The van der Waals surface area contributed by atoms with Crippen molar-refractivity contribution < 1.29 is 9.53 Å². The number of anilines is 1. The van der Waals surface area contributed by atoms with Gasteiger partial charge in [-0.1, -0.05) is 31.2 Å². The van der Waals surface area contributed by atoms with E-state index in [0.29, 0.717) is 12.3 Å². The van der Waals surface area contributed by atoms with E-state index >= 15 is 0 Å². The van der Waals surface area contributed by atoms with Crippen molar-refractivity contribution in [1.82, 2.24) is 5.32 Å². The van der Waals surface area contributed by atoms with Gasteiger partial charge in [0.2, 0.25) is 5.91 Å². The molecule has 0 fully saturated rings. The van der Waals surface area contributed by atoms with Gasteiger partial charge in [-0.15, -0.1) is 0 Å². The van der Waals surface area contributed by atoms with Gasteiger partial charge in [0, 0.05) is 11.8 Å². The lowest BCUT2D eigenvalue weighted by Gasteiger charge is -2.09. The molecule has 4 heteroatoms. The topological polar surface area (TPSA) is 50.4 Å². The van der Waals surface area contributed by atoms with Gasteiger partial charge in [0.15, 0.2) is 0 Å². The number of ether oxygens (including phenoxy) is 1. The maximum absolute atomic E-state index is 11.7. The number of para-hydroxylation sites is 1. The van der Waals surface area contributed by atoms with Crippen LogP contribution in [0.25, 0.3) is 0 Å². The Labute approximate surface area is 125 Å². The molecular weight excluding hydrogens is 264 g/mol. The lowest BCUT2D eigenvalue weighted by molar-refractivity contribution is -0.115. The fourth-order valence-electron chi connectivity index (χ4n) is 1.85. The number of carbonyl (C=O) groups excluding carboxylic acids is 1. The molecule has 0 aliphatic carbocycles. The van der Waals surface area contributed by atoms with Gasteiger partial charge in [0.05, 0.1) is 6.54 Å². The molecule has 0 saturated heterocycles. The summed E-state index contributed by atoms with van der Waals surface area (Å²) in [5.74, 6) is 1.41. The number of amides is 1. The Morgan fingerprint density at radius 3 is 2.57 bits per heavy atom. The van der Waals surface area contributed by atoms with Crippen molar-refractivity contribution in [3.05, 3.63) is 54.6 Å². The lowest BCUT2D eigenvalue weighted by atomic mass is 10.3. The summed E-state index contributed by atoms with van der Waals surface area (Å²) in [7, 11) is 0. The summed E-state index contributed by atoms with van der Waals surface area (Å²) in [5.41, 5.74) is 0.728. The second-order valence-corrected chi connectivity index (χ2v) is 4.67. The number of nitrogens with one attached hydrogen (secondary N) is 2. The molecule has 0 spiro atoms. The minimum atomic E-state index is -0.0553. The zero-order valence-electron chi connectivity index (χ0n) is 12.1. The molecule has 21 heavy (non-hydrogen) atoms. The van der Waals surface area contributed by atoms with Crippen LogP contribution < -0.4 is 15.4 Å². The van der Waals surface area contributed by atoms with Crippen molar-refractivity contribution >= 4 is 11.6 Å². The number of benzene rings is 2. The van der Waals surface area contributed by atoms with Gasteiger partial charge >= 0.3 is 0 Å². The summed E-state index contributed by atoms with van der Waals surface area (Å²) in [6, 6.07) is 16.9. The van der Waals surface area contributed by atoms with Gasteiger partial charge in [-0.05, 0) is 37.2 Å². The Kier molecular flexibility index (Phi) is 5.79. The maximum Gasteiger partial charge on any atom is 0.238 e. The van der Waals surface area contributed by atoms with E-state index < -0.39 is 0 Å². The molecule has 0 unspecified atom stereocenters. The summed E-state index contributed by atoms with van der Waals surface area (Å²) in [6.07, 6.45) is 1.01. The molecule has 110 valence electrons. The van der Waals surface area contributed by atoms with Crippen molar-refractivity contribution in [3.63, 3.8) is 0 Å². The molecule has 2 aromatic carbocycles. The van der Waals surface area contributed by atoms with Crippen molar-refractivity contribution in [2.75, 3.05) is 18.4 Å². The van der Waals surface area contributed by atoms with Crippen molar-refractivity contribution in [3.8, 4) is 11.5 Å². The SMILES string of the molecule is CCCNCC(=O)Nc1cccc(Oc2ccccc2)c1. The minimum Gasteiger partial charge on any atom is -0.457 e. The average Bonchev–Trinajstić information content (AvgIpc) is 2.49. The third-order valence-electron chi connectivity index (χ3n) is 2.81. The predicted octanol–water partition coefficient (Wildman–Crippen LogP) is 3.42. The van der Waals surface area contributed by atoms with Crippen LogP contribution in [0.15, 0.2) is 54.6 Å². The molecule has 0 saturated carbocycles. The van der Waals surface area contributed by atoms with Gasteiger partial charge in [0.25, 0.3) is 0 Å². The molecule has 0 aliphatic rings. The maximum atomic E-state index is 11.7. The van der Waals surface area contributed by atoms with Crippen LogP contribution in [0.5, 0.6) is 11.5 Å². The normalized spacial score (nSPS) is 10.1. The summed E-state index contributed by atoms with van der Waals surface area (Å²) in [5, 5.41) is 5.91. The van der Waals surface area contributed by atoms with E-state index in [9.17, 15) is 4.79 Å². The third kappa shape index (κ3) is 5.28. The smallest absolute Gasteiger partial charge is 0.238 e. The molecule has 0 radical (unpaired) electrons. The summed E-state index contributed by atoms with van der Waals surface area (Å²) >= 11 is 0. The summed E-state index contributed by atoms with van der Waals surface area (Å²) in [6.45, 7) is 3.22. The largest absolute Gasteiger partial charge is 0.457 e. The highest BCUT2D eigenvalue weighted by Crippen LogP contribution is 2.23. The predicted molar refractivity (Wildman–Crippen MR) is 84.7 cm³/mol. The van der Waals surface area contributed by atoms with E-state index in [0.717, 1.165) is 24.4 Å². The van der Waals surface area contributed by atoms with Crippen molar-refractivity contribution in [2.45, 2.75) is 13.3 Å². The monoisotopic (exact) mass is 284 g/mol. The molecule has 2 rings (SSSR count). The quantitative estimate of drug-likeness (QED) is 0.766. The molecule has 0 heterocycles. The van der Waals surface area contributed by atoms with Crippen LogP contribution in [-0.4, -0.2) is 19.0 Å². The molecule has 4 nitrogen and oxygen atoms in total. The third-order valence-corrected chi connectivity index (χ3v) is 2.81. The van der Waals surface area contributed by atoms with E-state index in [1.165, 1.54) is 0 Å². The van der Waals surface area contributed by atoms with Crippen LogP contribution in [0.2, 0.25) is 0 Å². The van der Waals surface area contributed by atoms with Gasteiger partial charge in [-0.25, -0.2) is 0 Å². The van der Waals surface area contributed by atoms with Crippen LogP contribution in [-0.2, 0) is 4.79 Å². The van der Waals surface area contributed by atoms with E-state index in [-0.39, 0.29) is 5.91 Å². The van der Waals surface area contributed by atoms with Gasteiger partial charge < -0.3 is 15.4 Å². The van der Waals surface area contributed by atoms with Crippen molar-refractivity contribution in [2.24, 2.45) is 0 Å². The van der Waals surface area contributed by atoms with E-state index in [1.807, 2.05) is 54.6 Å². The Hall–Kier alpha value is -2.33. The number of rotatable bonds is 7. The first-order valence-electron chi connectivity index (χ1n) is 7.11. The fraction of sp³-hybridized carbons (Fsp3) is 0.235. The Balaban J connectivity index is 1.93. The molecule has 2 N–H and O–H groups in total. The molecule has 0 bridgehead atoms. The summed E-state index contributed by atoms with van der Waals surface area (Å²) < 4.78 is 5.73. The van der Waals surface area contributed by atoms with Crippen molar-refractivity contribution in [1.29, 1.82) is 0 Å². The molecule has 0 atom stereocenters. The standard InChI is InChI=1S/C17H20N2O2/c1-2-11-18-13-17(20)19-14-7-6-10-16(12-14)21-15-8-4-3-5-9-15/h3-10,12,18H,2,11,13H2,1H3,(H,19,20). The molecule has 2 aromatic rings. The molecular formula is C17H20N2O2. The first-order chi connectivity index (χ1) is 10.3. The first-order valence-corrected chi connectivity index (χ1v) is 7.11. The van der Waals surface area contributed by atoms with Crippen LogP contribution >= 0.6 is 0 Å². The minimum absolute atomic E-state index is 0.0553. The van der Waals surface area contributed by atoms with Gasteiger partial charge in [0.1, 0.15) is 11.5 Å². The highest BCUT2D eigenvalue weighted by Gasteiger charge is 2.03. The second kappa shape index (κ2) is 8.07. The van der Waals surface area contributed by atoms with E-state index in [2.05, 4.69) is 17.6 Å². The van der Waals surface area contributed by atoms with Gasteiger partial charge in [-0.3, -0.25) is 4.79 Å². The first kappa shape index (κ1) is 15.1. The second-order valence-electron chi connectivity index (χ2n) is 4.67. The highest BCUT2D eigenvalue weighted by molar-refractivity contribution is 5.92. The van der Waals surface area contributed by atoms with Crippen LogP contribution in [0.3, 0.4) is 0 Å². The number of carbonyl (C=O) groups is 1. The Morgan fingerprint density at radius 1 is 1.05 bits per heavy atom. The molecule has 1 amide bonds. The Morgan fingerprint density at radius 2 is 1.81 bits per heavy atom. The zero-order valence-corrected chi connectivity index (χ0v) is 12.1. The molecule has 0 aromatic heterocycles. The zero-order chi connectivity index (χ0) is 14.9. The lowest BCUT2D eigenvalue weighted by Crippen LogP contribution is -2.28. The Bertz CT molecular complexity index is 570. The fourth-order valence-corrected chi connectivity index (χ4v) is 1.85. The van der Waals surface area contributed by atoms with E-state index in [4.69, 9.17) is 4.74 Å².